The summed E-state index contributed by atoms with van der Waals surface area (Å²) in [7, 11) is 0. The monoisotopic (exact) mass is 240 g/mol. The molecule has 0 saturated carbocycles. The average molecular weight is 241 g/mol. The second kappa shape index (κ2) is 4.05. The molecular weight excluding hydrogens is 228 g/mol. The van der Waals surface area contributed by atoms with Gasteiger partial charge in [0.05, 0.1) is 5.33 Å². The van der Waals surface area contributed by atoms with Gasteiger partial charge >= 0.3 is 0 Å². The molecule has 0 aliphatic rings. The van der Waals surface area contributed by atoms with E-state index in [2.05, 4.69) is 15.9 Å². The van der Waals surface area contributed by atoms with E-state index in [1.165, 1.54) is 0 Å². The molecule has 0 aromatic heterocycles. The minimum absolute atomic E-state index is 0.207. The second-order valence-electron chi connectivity index (χ2n) is 3.55. The maximum atomic E-state index is 11.6. The lowest BCUT2D eigenvalue weighted by molar-refractivity contribution is -0.120. The van der Waals surface area contributed by atoms with E-state index in [-0.39, 0.29) is 11.2 Å². The number of carbonyl (C=O) groups is 1. The van der Waals surface area contributed by atoms with Crippen molar-refractivity contribution < 1.29 is 4.79 Å². The lowest BCUT2D eigenvalue weighted by atomic mass is 9.81. The van der Waals surface area contributed by atoms with Crippen LogP contribution in [0.25, 0.3) is 0 Å². The summed E-state index contributed by atoms with van der Waals surface area (Å²) in [6.45, 7) is 3.90. The standard InChI is InChI=1S/C11H13BrO/c1-11(2,10(13)8-12)9-6-4-3-5-7-9/h3-7H,8H2,1-2H3. The van der Waals surface area contributed by atoms with Gasteiger partial charge in [0.1, 0.15) is 0 Å². The van der Waals surface area contributed by atoms with Gasteiger partial charge in [0.25, 0.3) is 0 Å². The number of carbonyl (C=O) groups excluding carboxylic acids is 1. The second-order valence-corrected chi connectivity index (χ2v) is 4.11. The summed E-state index contributed by atoms with van der Waals surface area (Å²) in [4.78, 5) is 11.6. The van der Waals surface area contributed by atoms with Gasteiger partial charge in [-0.3, -0.25) is 4.79 Å². The molecule has 1 rings (SSSR count). The molecule has 0 heterocycles. The molecule has 1 aromatic rings. The van der Waals surface area contributed by atoms with E-state index in [0.29, 0.717) is 5.33 Å². The SMILES string of the molecule is CC(C)(C(=O)CBr)c1ccccc1. The fraction of sp³-hybridized carbons (Fsp3) is 0.364. The number of alkyl halides is 1. The van der Waals surface area contributed by atoms with E-state index in [4.69, 9.17) is 0 Å². The molecule has 2 heteroatoms. The Hall–Kier alpha value is -0.630. The molecule has 70 valence electrons. The zero-order chi connectivity index (χ0) is 9.90. The Bertz CT molecular complexity index is 290. The summed E-state index contributed by atoms with van der Waals surface area (Å²) in [6, 6.07) is 9.84. The maximum Gasteiger partial charge on any atom is 0.153 e. The van der Waals surface area contributed by atoms with Gasteiger partial charge in [-0.25, -0.2) is 0 Å². The molecule has 0 saturated heterocycles. The van der Waals surface area contributed by atoms with Crippen LogP contribution in [-0.2, 0) is 10.2 Å². The zero-order valence-electron chi connectivity index (χ0n) is 7.88. The predicted octanol–water partition coefficient (Wildman–Crippen LogP) is 2.93. The minimum atomic E-state index is -0.384. The third-order valence-electron chi connectivity index (χ3n) is 2.31. The summed E-state index contributed by atoms with van der Waals surface area (Å²) < 4.78 is 0. The molecule has 0 atom stereocenters. The molecule has 0 aliphatic heterocycles. The van der Waals surface area contributed by atoms with Crippen molar-refractivity contribution in [2.75, 3.05) is 5.33 Å². The summed E-state index contributed by atoms with van der Waals surface area (Å²) in [5, 5.41) is 0.412. The first-order chi connectivity index (χ1) is 6.09. The van der Waals surface area contributed by atoms with Crippen molar-refractivity contribution in [2.45, 2.75) is 19.3 Å². The molecule has 0 amide bonds. The highest BCUT2D eigenvalue weighted by atomic mass is 79.9. The van der Waals surface area contributed by atoms with Gasteiger partial charge in [-0.15, -0.1) is 0 Å². The largest absolute Gasteiger partial charge is 0.298 e. The van der Waals surface area contributed by atoms with E-state index < -0.39 is 0 Å². The minimum Gasteiger partial charge on any atom is -0.298 e. The average Bonchev–Trinajstić information content (AvgIpc) is 2.18. The van der Waals surface area contributed by atoms with Crippen LogP contribution in [0.4, 0.5) is 0 Å². The topological polar surface area (TPSA) is 17.1 Å². The summed E-state index contributed by atoms with van der Waals surface area (Å²) in [6.07, 6.45) is 0. The highest BCUT2D eigenvalue weighted by Crippen LogP contribution is 2.24. The van der Waals surface area contributed by atoms with Crippen molar-refractivity contribution >= 4 is 21.7 Å². The van der Waals surface area contributed by atoms with E-state index in [1.54, 1.807) is 0 Å². The molecule has 0 unspecified atom stereocenters. The fourth-order valence-electron chi connectivity index (χ4n) is 1.18. The highest BCUT2D eigenvalue weighted by Gasteiger charge is 2.27. The first-order valence-corrected chi connectivity index (χ1v) is 5.36. The first-order valence-electron chi connectivity index (χ1n) is 4.24. The van der Waals surface area contributed by atoms with Crippen molar-refractivity contribution in [3.05, 3.63) is 35.9 Å². The Morgan fingerprint density at radius 3 is 2.31 bits per heavy atom. The number of hydrogen-bond donors (Lipinski definition) is 0. The van der Waals surface area contributed by atoms with Gasteiger partial charge in [-0.1, -0.05) is 46.3 Å². The molecule has 13 heavy (non-hydrogen) atoms. The number of halogens is 1. The molecule has 0 spiro atoms. The number of ketones is 1. The normalized spacial score (nSPS) is 11.3. The predicted molar refractivity (Wildman–Crippen MR) is 58.3 cm³/mol. The first kappa shape index (κ1) is 10.5. The third-order valence-corrected chi connectivity index (χ3v) is 2.82. The summed E-state index contributed by atoms with van der Waals surface area (Å²) in [5.41, 5.74) is 0.685. The van der Waals surface area contributed by atoms with Crippen LogP contribution in [-0.4, -0.2) is 11.1 Å². The van der Waals surface area contributed by atoms with Crippen molar-refractivity contribution in [1.29, 1.82) is 0 Å². The van der Waals surface area contributed by atoms with Crippen LogP contribution < -0.4 is 0 Å². The van der Waals surface area contributed by atoms with E-state index in [0.717, 1.165) is 5.56 Å². The number of Topliss-reactive ketones (excluding diaryl/α,β-unsaturated/α-hetero) is 1. The lowest BCUT2D eigenvalue weighted by Gasteiger charge is -2.22. The smallest absolute Gasteiger partial charge is 0.153 e. The van der Waals surface area contributed by atoms with Gasteiger partial charge < -0.3 is 0 Å². The van der Waals surface area contributed by atoms with Crippen LogP contribution in [0.15, 0.2) is 30.3 Å². The third kappa shape index (κ3) is 2.19. The van der Waals surface area contributed by atoms with Gasteiger partial charge in [0.2, 0.25) is 0 Å². The van der Waals surface area contributed by atoms with Crippen LogP contribution in [0.3, 0.4) is 0 Å². The fourth-order valence-corrected chi connectivity index (χ4v) is 1.88. The Balaban J connectivity index is 3.00. The molecule has 1 aromatic carbocycles. The Morgan fingerprint density at radius 2 is 1.85 bits per heavy atom. The van der Waals surface area contributed by atoms with Crippen LogP contribution in [0, 0.1) is 0 Å². The molecule has 0 radical (unpaired) electrons. The van der Waals surface area contributed by atoms with Crippen molar-refractivity contribution in [1.82, 2.24) is 0 Å². The highest BCUT2D eigenvalue weighted by molar-refractivity contribution is 9.09. The van der Waals surface area contributed by atoms with Crippen LogP contribution in [0.1, 0.15) is 19.4 Å². The van der Waals surface area contributed by atoms with Crippen molar-refractivity contribution in [3.8, 4) is 0 Å². The number of rotatable bonds is 3. The van der Waals surface area contributed by atoms with Crippen LogP contribution in [0.5, 0.6) is 0 Å². The molecule has 0 fully saturated rings. The number of hydrogen-bond acceptors (Lipinski definition) is 1. The maximum absolute atomic E-state index is 11.6. The molecular formula is C11H13BrO. The molecule has 0 bridgehead atoms. The molecule has 1 nitrogen and oxygen atoms in total. The Morgan fingerprint density at radius 1 is 1.31 bits per heavy atom. The van der Waals surface area contributed by atoms with Crippen LogP contribution >= 0.6 is 15.9 Å². The molecule has 0 N–H and O–H groups in total. The van der Waals surface area contributed by atoms with E-state index in [1.807, 2.05) is 44.2 Å². The van der Waals surface area contributed by atoms with Gasteiger partial charge in [0.15, 0.2) is 5.78 Å². The quantitative estimate of drug-likeness (QED) is 0.743. The lowest BCUT2D eigenvalue weighted by Crippen LogP contribution is -2.29. The van der Waals surface area contributed by atoms with Crippen molar-refractivity contribution in [3.63, 3.8) is 0 Å². The number of benzene rings is 1. The van der Waals surface area contributed by atoms with E-state index in [9.17, 15) is 4.79 Å². The zero-order valence-corrected chi connectivity index (χ0v) is 9.47. The summed E-state index contributed by atoms with van der Waals surface area (Å²) in [5.74, 6) is 0.207. The van der Waals surface area contributed by atoms with Gasteiger partial charge in [-0.05, 0) is 19.4 Å². The Labute approximate surface area is 87.3 Å². The van der Waals surface area contributed by atoms with Crippen LogP contribution in [0.2, 0.25) is 0 Å². The summed E-state index contributed by atoms with van der Waals surface area (Å²) >= 11 is 3.20. The van der Waals surface area contributed by atoms with Gasteiger partial charge in [-0.2, -0.15) is 0 Å². The van der Waals surface area contributed by atoms with E-state index >= 15 is 0 Å². The Kier molecular flexibility index (Phi) is 3.26. The van der Waals surface area contributed by atoms with Gasteiger partial charge in [0, 0.05) is 5.41 Å². The molecule has 0 aliphatic carbocycles. The van der Waals surface area contributed by atoms with Crippen molar-refractivity contribution in [2.24, 2.45) is 0 Å².